The second kappa shape index (κ2) is 7.16. The van der Waals surface area contributed by atoms with E-state index >= 15 is 0 Å². The van der Waals surface area contributed by atoms with Crippen LogP contribution in [0.1, 0.15) is 12.5 Å². The average Bonchev–Trinajstić information content (AvgIpc) is 2.51. The first-order valence-electron chi connectivity index (χ1n) is 6.67. The fraction of sp³-hybridized carbons (Fsp3) is 0.200. The normalized spacial score (nSPS) is 10.8. The summed E-state index contributed by atoms with van der Waals surface area (Å²) >= 11 is 0. The number of hydrogen-bond donors (Lipinski definition) is 1. The molecule has 0 bridgehead atoms. The van der Waals surface area contributed by atoms with Gasteiger partial charge in [0, 0.05) is 6.07 Å². The molecule has 0 spiro atoms. The fourth-order valence-electron chi connectivity index (χ4n) is 1.82. The molecule has 0 aromatic heterocycles. The zero-order valence-electron chi connectivity index (χ0n) is 12.0. The van der Waals surface area contributed by atoms with Crippen LogP contribution in [-0.2, 0) is 6.54 Å². The minimum atomic E-state index is -0.498. The van der Waals surface area contributed by atoms with Crippen molar-refractivity contribution in [3.8, 4) is 11.5 Å². The van der Waals surface area contributed by atoms with Crippen LogP contribution in [0.4, 0.5) is 11.4 Å². The van der Waals surface area contributed by atoms with Crippen molar-refractivity contribution in [3.63, 3.8) is 0 Å². The van der Waals surface area contributed by atoms with Crippen LogP contribution in [0, 0.1) is 10.1 Å². The highest BCUT2D eigenvalue weighted by Crippen LogP contribution is 2.29. The summed E-state index contributed by atoms with van der Waals surface area (Å²) in [6.07, 6.45) is 0. The van der Waals surface area contributed by atoms with Crippen molar-refractivity contribution in [2.45, 2.75) is 13.5 Å². The Bertz CT molecular complexity index is 701. The third-order valence-corrected chi connectivity index (χ3v) is 2.83. The first kappa shape index (κ1) is 15.4. The van der Waals surface area contributed by atoms with Gasteiger partial charge in [-0.1, -0.05) is 18.2 Å². The Balaban J connectivity index is 2.13. The van der Waals surface area contributed by atoms with Crippen LogP contribution in [0.5, 0.6) is 11.5 Å². The average molecular weight is 301 g/mol. The zero-order valence-corrected chi connectivity index (χ0v) is 12.0. The van der Waals surface area contributed by atoms with Gasteiger partial charge >= 0.3 is 0 Å². The minimum Gasteiger partial charge on any atom is -0.504 e. The maximum Gasteiger partial charge on any atom is 0.296 e. The van der Waals surface area contributed by atoms with Crippen LogP contribution in [0.15, 0.2) is 52.7 Å². The third kappa shape index (κ3) is 3.78. The molecular formula is C15H15N3O4. The lowest BCUT2D eigenvalue weighted by atomic mass is 10.2. The monoisotopic (exact) mass is 301 g/mol. The number of nitro groups is 1. The van der Waals surface area contributed by atoms with Crippen molar-refractivity contribution in [2.75, 3.05) is 6.61 Å². The van der Waals surface area contributed by atoms with Crippen molar-refractivity contribution in [1.29, 1.82) is 0 Å². The second-order valence-corrected chi connectivity index (χ2v) is 4.38. The highest BCUT2D eigenvalue weighted by atomic mass is 16.6. The van der Waals surface area contributed by atoms with E-state index < -0.39 is 4.92 Å². The molecule has 0 aliphatic carbocycles. The van der Waals surface area contributed by atoms with E-state index in [4.69, 9.17) is 4.74 Å². The summed E-state index contributed by atoms with van der Waals surface area (Å²) in [7, 11) is 0. The number of phenols is 1. The smallest absolute Gasteiger partial charge is 0.296 e. The molecule has 22 heavy (non-hydrogen) atoms. The first-order valence-corrected chi connectivity index (χ1v) is 6.67. The first-order chi connectivity index (χ1) is 10.6. The molecule has 0 saturated carbocycles. The van der Waals surface area contributed by atoms with Gasteiger partial charge in [0.05, 0.1) is 18.1 Å². The quantitative estimate of drug-likeness (QED) is 0.495. The highest BCUT2D eigenvalue weighted by molar-refractivity contribution is 5.56. The second-order valence-electron chi connectivity index (χ2n) is 4.38. The van der Waals surface area contributed by atoms with Crippen molar-refractivity contribution in [2.24, 2.45) is 10.2 Å². The molecule has 2 aromatic carbocycles. The van der Waals surface area contributed by atoms with E-state index in [9.17, 15) is 15.2 Å². The largest absolute Gasteiger partial charge is 0.504 e. The third-order valence-electron chi connectivity index (χ3n) is 2.83. The molecule has 7 heteroatoms. The van der Waals surface area contributed by atoms with Crippen molar-refractivity contribution in [3.05, 3.63) is 58.1 Å². The molecule has 2 aromatic rings. The Kier molecular flexibility index (Phi) is 5.02. The summed E-state index contributed by atoms with van der Waals surface area (Å²) in [5, 5.41) is 28.4. The summed E-state index contributed by atoms with van der Waals surface area (Å²) in [4.78, 5) is 10.4. The summed E-state index contributed by atoms with van der Waals surface area (Å²) < 4.78 is 5.28. The molecule has 2 rings (SSSR count). The van der Waals surface area contributed by atoms with Gasteiger partial charge in [0.2, 0.25) is 0 Å². The van der Waals surface area contributed by atoms with Crippen LogP contribution < -0.4 is 4.74 Å². The maximum atomic E-state index is 10.9. The number of ether oxygens (including phenoxy) is 1. The fourth-order valence-corrected chi connectivity index (χ4v) is 1.82. The topological polar surface area (TPSA) is 97.3 Å². The Morgan fingerprint density at radius 1 is 1.27 bits per heavy atom. The summed E-state index contributed by atoms with van der Waals surface area (Å²) in [5.74, 6) is 0.433. The number of nitro benzene ring substituents is 1. The number of benzene rings is 2. The summed E-state index contributed by atoms with van der Waals surface area (Å²) in [6.45, 7) is 2.49. The molecule has 0 fully saturated rings. The van der Waals surface area contributed by atoms with Gasteiger partial charge in [0.15, 0.2) is 17.2 Å². The van der Waals surface area contributed by atoms with E-state index in [1.165, 1.54) is 18.2 Å². The van der Waals surface area contributed by atoms with E-state index in [0.29, 0.717) is 12.4 Å². The molecule has 114 valence electrons. The van der Waals surface area contributed by atoms with Crippen LogP contribution in [0.2, 0.25) is 0 Å². The molecule has 0 amide bonds. The standard InChI is InChI=1S/C15H15N3O4/c1-2-22-15-9-11(7-8-14(15)19)10-16-17-12-5-3-4-6-13(12)18(20)21/h3-9,19H,2,10H2,1H3. The highest BCUT2D eigenvalue weighted by Gasteiger charge is 2.11. The molecular weight excluding hydrogens is 286 g/mol. The lowest BCUT2D eigenvalue weighted by molar-refractivity contribution is -0.384. The van der Waals surface area contributed by atoms with E-state index in [0.717, 1.165) is 5.56 Å². The van der Waals surface area contributed by atoms with Crippen molar-refractivity contribution < 1.29 is 14.8 Å². The van der Waals surface area contributed by atoms with Gasteiger partial charge in [0.25, 0.3) is 5.69 Å². The molecule has 0 aliphatic heterocycles. The van der Waals surface area contributed by atoms with Crippen LogP contribution in [0.25, 0.3) is 0 Å². The molecule has 0 atom stereocenters. The number of para-hydroxylation sites is 1. The van der Waals surface area contributed by atoms with Gasteiger partial charge in [-0.25, -0.2) is 0 Å². The SMILES string of the molecule is CCOc1cc(CN=Nc2ccccc2[N+](=O)[O-])ccc1O. The Morgan fingerprint density at radius 3 is 2.77 bits per heavy atom. The number of azo groups is 1. The lowest BCUT2D eigenvalue weighted by Gasteiger charge is -2.06. The molecule has 7 nitrogen and oxygen atoms in total. The van der Waals surface area contributed by atoms with Gasteiger partial charge in [-0.3, -0.25) is 10.1 Å². The van der Waals surface area contributed by atoms with E-state index in [1.54, 1.807) is 24.3 Å². The van der Waals surface area contributed by atoms with Crippen LogP contribution in [-0.4, -0.2) is 16.6 Å². The number of aromatic hydroxyl groups is 1. The number of hydrogen-bond acceptors (Lipinski definition) is 6. The van der Waals surface area contributed by atoms with Crippen molar-refractivity contribution in [1.82, 2.24) is 0 Å². The van der Waals surface area contributed by atoms with Gasteiger partial charge in [-0.2, -0.15) is 5.11 Å². The summed E-state index contributed by atoms with van der Waals surface area (Å²) in [6, 6.07) is 11.0. The maximum absolute atomic E-state index is 10.9. The van der Waals surface area contributed by atoms with Crippen LogP contribution >= 0.6 is 0 Å². The lowest BCUT2D eigenvalue weighted by Crippen LogP contribution is -1.93. The van der Waals surface area contributed by atoms with Gasteiger partial charge < -0.3 is 9.84 Å². The van der Waals surface area contributed by atoms with Gasteiger partial charge in [-0.05, 0) is 30.7 Å². The predicted octanol–water partition coefficient (Wildman–Crippen LogP) is 3.98. The minimum absolute atomic E-state index is 0.0567. The Morgan fingerprint density at radius 2 is 2.05 bits per heavy atom. The molecule has 0 unspecified atom stereocenters. The number of nitrogens with zero attached hydrogens (tertiary/aromatic N) is 3. The van der Waals surface area contributed by atoms with Gasteiger partial charge in [0.1, 0.15) is 0 Å². The van der Waals surface area contributed by atoms with E-state index in [2.05, 4.69) is 10.2 Å². The van der Waals surface area contributed by atoms with Gasteiger partial charge in [-0.15, -0.1) is 5.11 Å². The van der Waals surface area contributed by atoms with Crippen LogP contribution in [0.3, 0.4) is 0 Å². The molecule has 0 saturated heterocycles. The number of phenolic OH excluding ortho intramolecular Hbond substituents is 1. The molecule has 0 radical (unpaired) electrons. The molecule has 0 aliphatic rings. The molecule has 1 N–H and O–H groups in total. The predicted molar refractivity (Wildman–Crippen MR) is 80.6 cm³/mol. The Hall–Kier alpha value is -2.96. The summed E-state index contributed by atoms with van der Waals surface area (Å²) in [5.41, 5.74) is 0.895. The zero-order chi connectivity index (χ0) is 15.9. The molecule has 0 heterocycles. The Labute approximate surface area is 127 Å². The van der Waals surface area contributed by atoms with E-state index in [1.807, 2.05) is 6.92 Å². The number of rotatable bonds is 6. The van der Waals surface area contributed by atoms with E-state index in [-0.39, 0.29) is 23.7 Å². The van der Waals surface area contributed by atoms with Crippen molar-refractivity contribution >= 4 is 11.4 Å².